The lowest BCUT2D eigenvalue weighted by atomic mass is 10.1. The first-order chi connectivity index (χ1) is 7.11. The quantitative estimate of drug-likeness (QED) is 0.654. The van der Waals surface area contributed by atoms with E-state index in [-0.39, 0.29) is 0 Å². The molecule has 1 saturated heterocycles. The molecule has 2 aliphatic heterocycles. The van der Waals surface area contributed by atoms with E-state index in [1.54, 1.807) is 0 Å². The third-order valence-corrected chi connectivity index (χ3v) is 3.05. The van der Waals surface area contributed by atoms with Crippen LogP contribution in [0.1, 0.15) is 6.92 Å². The van der Waals surface area contributed by atoms with Crippen LogP contribution in [0.25, 0.3) is 0 Å². The third kappa shape index (κ3) is 1.78. The summed E-state index contributed by atoms with van der Waals surface area (Å²) in [5.74, 6) is 0.942. The van der Waals surface area contributed by atoms with Gasteiger partial charge in [0.25, 0.3) is 0 Å². The van der Waals surface area contributed by atoms with Crippen molar-refractivity contribution in [1.82, 2.24) is 9.80 Å². The van der Waals surface area contributed by atoms with Crippen molar-refractivity contribution in [2.24, 2.45) is 0 Å². The molecule has 82 valence electrons. The predicted octanol–water partition coefficient (Wildman–Crippen LogP) is 1.93. The normalized spacial score (nSPS) is 26.7. The zero-order chi connectivity index (χ0) is 11.0. The highest BCUT2D eigenvalue weighted by Crippen LogP contribution is 2.29. The van der Waals surface area contributed by atoms with Gasteiger partial charge >= 0.3 is 0 Å². The molecule has 0 aliphatic carbocycles. The molecule has 2 unspecified atom stereocenters. The summed E-state index contributed by atoms with van der Waals surface area (Å²) in [6.45, 7) is 11.8. The maximum Gasteiger partial charge on any atom is 0.135 e. The van der Waals surface area contributed by atoms with Crippen LogP contribution in [0.4, 0.5) is 4.39 Å². The van der Waals surface area contributed by atoms with Gasteiger partial charge < -0.3 is 9.80 Å². The van der Waals surface area contributed by atoms with Gasteiger partial charge in [-0.2, -0.15) is 0 Å². The highest BCUT2D eigenvalue weighted by Gasteiger charge is 2.35. The van der Waals surface area contributed by atoms with E-state index in [0.29, 0.717) is 12.6 Å². The summed E-state index contributed by atoms with van der Waals surface area (Å²) in [6.07, 6.45) is 2.59. The largest absolute Gasteiger partial charge is 0.352 e. The Bertz CT molecular complexity index is 322. The number of nitrogens with zero attached hydrogens (tertiary/aromatic N) is 2. The average Bonchev–Trinajstić information content (AvgIpc) is 2.42. The first-order valence-electron chi connectivity index (χ1n) is 5.26. The highest BCUT2D eigenvalue weighted by molar-refractivity contribution is 5.22. The Labute approximate surface area is 90.4 Å². The van der Waals surface area contributed by atoms with Gasteiger partial charge in [-0.15, -0.1) is 6.58 Å². The van der Waals surface area contributed by atoms with Crippen LogP contribution in [0.3, 0.4) is 0 Å². The minimum atomic E-state index is -0.976. The maximum atomic E-state index is 13.3. The van der Waals surface area contributed by atoms with E-state index in [9.17, 15) is 4.39 Å². The number of alkyl halides is 1. The fourth-order valence-corrected chi connectivity index (χ4v) is 2.29. The van der Waals surface area contributed by atoms with Crippen LogP contribution in [-0.2, 0) is 0 Å². The monoisotopic (exact) mass is 208 g/mol. The Morgan fingerprint density at radius 2 is 2.47 bits per heavy atom. The van der Waals surface area contributed by atoms with E-state index in [4.69, 9.17) is 0 Å². The van der Waals surface area contributed by atoms with Crippen molar-refractivity contribution >= 4 is 0 Å². The van der Waals surface area contributed by atoms with Gasteiger partial charge in [-0.05, 0) is 6.92 Å². The molecule has 2 atom stereocenters. The molecule has 2 nitrogen and oxygen atoms in total. The average molecular weight is 208 g/mol. The standard InChI is InChI=1S/C12H17FN2/c1-4-11(13)7-15-10(3)14-6-9(2)5-12(15)8-14/h4-5,11-12H,1,3,6-8H2,2H3. The maximum absolute atomic E-state index is 13.3. The van der Waals surface area contributed by atoms with Crippen molar-refractivity contribution in [2.45, 2.75) is 19.1 Å². The smallest absolute Gasteiger partial charge is 0.135 e. The molecule has 0 spiro atoms. The Balaban J connectivity index is 2.13. The number of hydrogen-bond acceptors (Lipinski definition) is 2. The lowest BCUT2D eigenvalue weighted by Crippen LogP contribution is -2.33. The molecule has 0 aromatic carbocycles. The number of hydrogen-bond donors (Lipinski definition) is 0. The number of fused-ring (bicyclic) bond motifs is 2. The molecule has 2 aliphatic rings. The number of rotatable bonds is 3. The summed E-state index contributed by atoms with van der Waals surface area (Å²) in [4.78, 5) is 4.23. The molecule has 0 amide bonds. The molecule has 0 N–H and O–H groups in total. The second kappa shape index (κ2) is 3.72. The summed E-state index contributed by atoms with van der Waals surface area (Å²) < 4.78 is 13.3. The molecular weight excluding hydrogens is 191 g/mol. The topological polar surface area (TPSA) is 6.48 Å². The van der Waals surface area contributed by atoms with E-state index in [2.05, 4.69) is 31.1 Å². The van der Waals surface area contributed by atoms with Gasteiger partial charge in [0, 0.05) is 13.1 Å². The van der Waals surface area contributed by atoms with Crippen LogP contribution < -0.4 is 0 Å². The van der Waals surface area contributed by atoms with E-state index in [1.807, 2.05) is 4.90 Å². The molecule has 0 aromatic heterocycles. The van der Waals surface area contributed by atoms with Crippen LogP contribution in [0, 0.1) is 0 Å². The van der Waals surface area contributed by atoms with Crippen LogP contribution in [0.15, 0.2) is 36.7 Å². The summed E-state index contributed by atoms with van der Waals surface area (Å²) in [6, 6.07) is 0.296. The molecule has 2 bridgehead atoms. The van der Waals surface area contributed by atoms with E-state index in [0.717, 1.165) is 18.9 Å². The minimum Gasteiger partial charge on any atom is -0.352 e. The van der Waals surface area contributed by atoms with E-state index >= 15 is 0 Å². The van der Waals surface area contributed by atoms with E-state index < -0.39 is 6.17 Å². The Hall–Kier alpha value is -1.25. The van der Waals surface area contributed by atoms with Crippen molar-refractivity contribution in [1.29, 1.82) is 0 Å². The van der Waals surface area contributed by atoms with Crippen molar-refractivity contribution in [3.05, 3.63) is 36.7 Å². The summed E-state index contributed by atoms with van der Waals surface area (Å²) in [5.41, 5.74) is 1.34. The third-order valence-electron chi connectivity index (χ3n) is 3.05. The zero-order valence-electron chi connectivity index (χ0n) is 9.12. The summed E-state index contributed by atoms with van der Waals surface area (Å²) in [5, 5.41) is 0. The van der Waals surface area contributed by atoms with Gasteiger partial charge in [-0.25, -0.2) is 4.39 Å². The SMILES string of the molecule is C=CC(F)CN1C(=C)N2CC(C)=CC1C2. The Morgan fingerprint density at radius 1 is 1.73 bits per heavy atom. The fourth-order valence-electron chi connectivity index (χ4n) is 2.29. The fraction of sp³-hybridized carbons (Fsp3) is 0.500. The van der Waals surface area contributed by atoms with Crippen molar-refractivity contribution in [3.8, 4) is 0 Å². The van der Waals surface area contributed by atoms with E-state index in [1.165, 1.54) is 11.6 Å². The predicted molar refractivity (Wildman–Crippen MR) is 60.1 cm³/mol. The van der Waals surface area contributed by atoms with Crippen LogP contribution >= 0.6 is 0 Å². The first-order valence-corrected chi connectivity index (χ1v) is 5.26. The van der Waals surface area contributed by atoms with Crippen LogP contribution in [-0.4, -0.2) is 41.6 Å². The first kappa shape index (κ1) is 10.3. The second-order valence-electron chi connectivity index (χ2n) is 4.28. The van der Waals surface area contributed by atoms with Gasteiger partial charge in [-0.1, -0.05) is 24.3 Å². The molecule has 0 saturated carbocycles. The second-order valence-corrected chi connectivity index (χ2v) is 4.28. The highest BCUT2D eigenvalue weighted by atomic mass is 19.1. The zero-order valence-corrected chi connectivity index (χ0v) is 9.12. The minimum absolute atomic E-state index is 0.296. The van der Waals surface area contributed by atoms with Gasteiger partial charge in [0.15, 0.2) is 0 Å². The molecule has 0 aromatic rings. The molecule has 2 rings (SSSR count). The summed E-state index contributed by atoms with van der Waals surface area (Å²) in [7, 11) is 0. The van der Waals surface area contributed by atoms with Crippen molar-refractivity contribution in [3.63, 3.8) is 0 Å². The van der Waals surface area contributed by atoms with Gasteiger partial charge in [0.1, 0.15) is 6.17 Å². The molecular formula is C12H17FN2. The summed E-state index contributed by atoms with van der Waals surface area (Å²) >= 11 is 0. The molecule has 3 heteroatoms. The number of halogens is 1. The molecule has 15 heavy (non-hydrogen) atoms. The van der Waals surface area contributed by atoms with Gasteiger partial charge in [0.2, 0.25) is 0 Å². The van der Waals surface area contributed by atoms with Crippen molar-refractivity contribution < 1.29 is 4.39 Å². The Morgan fingerprint density at radius 3 is 3.13 bits per heavy atom. The molecule has 1 fully saturated rings. The van der Waals surface area contributed by atoms with Crippen LogP contribution in [0.5, 0.6) is 0 Å². The lowest BCUT2D eigenvalue weighted by molar-refractivity contribution is 0.255. The van der Waals surface area contributed by atoms with Gasteiger partial charge in [0.05, 0.1) is 18.4 Å². The Kier molecular flexibility index (Phi) is 2.55. The van der Waals surface area contributed by atoms with Gasteiger partial charge in [-0.3, -0.25) is 0 Å². The van der Waals surface area contributed by atoms with Crippen molar-refractivity contribution in [2.75, 3.05) is 19.6 Å². The van der Waals surface area contributed by atoms with Crippen LogP contribution in [0.2, 0.25) is 0 Å². The molecule has 2 heterocycles. The molecule has 0 radical (unpaired) electrons. The lowest BCUT2D eigenvalue weighted by Gasteiger charge is -2.24.